The smallest absolute Gasteiger partial charge is 0.246 e. The molecule has 2 aromatic carbocycles. The monoisotopic (exact) mass is 288 g/mol. The Morgan fingerprint density at radius 2 is 1.65 bits per heavy atom. The first-order valence-electron chi connectivity index (χ1n) is 6.36. The van der Waals surface area contributed by atoms with Crippen molar-refractivity contribution in [1.29, 1.82) is 0 Å². The second-order valence-corrected chi connectivity index (χ2v) is 5.21. The molecule has 0 saturated carbocycles. The maximum atomic E-state index is 12.5. The van der Waals surface area contributed by atoms with Crippen molar-refractivity contribution in [2.45, 2.75) is 6.04 Å². The summed E-state index contributed by atoms with van der Waals surface area (Å²) in [6, 6.07) is 16.5. The topological polar surface area (TPSA) is 32.3 Å². The lowest BCUT2D eigenvalue weighted by molar-refractivity contribution is -0.120. The molecule has 20 heavy (non-hydrogen) atoms. The van der Waals surface area contributed by atoms with Crippen LogP contribution in [0.4, 0.5) is 5.69 Å². The van der Waals surface area contributed by atoms with Crippen molar-refractivity contribution in [1.82, 2.24) is 4.90 Å². The van der Waals surface area contributed by atoms with Crippen LogP contribution in [-0.2, 0) is 4.79 Å². The molecule has 104 valence electrons. The molecule has 0 heterocycles. The zero-order valence-electron chi connectivity index (χ0n) is 11.5. The minimum absolute atomic E-state index is 0.0662. The van der Waals surface area contributed by atoms with Crippen molar-refractivity contribution in [3.05, 3.63) is 65.2 Å². The van der Waals surface area contributed by atoms with Gasteiger partial charge in [0.2, 0.25) is 5.91 Å². The molecule has 0 spiro atoms. The van der Waals surface area contributed by atoms with Crippen molar-refractivity contribution in [3.8, 4) is 0 Å². The number of carbonyl (C=O) groups excluding carboxylic acids is 1. The lowest BCUT2D eigenvalue weighted by atomic mass is 10.1. The number of rotatable bonds is 4. The number of hydrogen-bond donors (Lipinski definition) is 1. The van der Waals surface area contributed by atoms with E-state index in [9.17, 15) is 4.79 Å². The molecule has 0 unspecified atom stereocenters. The van der Waals surface area contributed by atoms with E-state index in [1.54, 1.807) is 24.3 Å². The van der Waals surface area contributed by atoms with Gasteiger partial charge in [0.15, 0.2) is 0 Å². The third kappa shape index (κ3) is 3.59. The molecular formula is C16H17ClN2O. The van der Waals surface area contributed by atoms with Crippen LogP contribution in [-0.4, -0.2) is 24.9 Å². The molecule has 4 heteroatoms. The fourth-order valence-corrected chi connectivity index (χ4v) is 2.19. The van der Waals surface area contributed by atoms with E-state index >= 15 is 0 Å². The Kier molecular flexibility index (Phi) is 4.77. The number of nitrogens with zero attached hydrogens (tertiary/aromatic N) is 1. The number of nitrogens with one attached hydrogen (secondary N) is 1. The Morgan fingerprint density at radius 3 is 2.20 bits per heavy atom. The lowest BCUT2D eigenvalue weighted by Gasteiger charge is -2.23. The molecule has 0 saturated heterocycles. The first kappa shape index (κ1) is 14.6. The molecule has 0 radical (unpaired) electrons. The molecule has 3 nitrogen and oxygen atoms in total. The molecule has 1 amide bonds. The van der Waals surface area contributed by atoms with E-state index in [1.807, 2.05) is 49.3 Å². The van der Waals surface area contributed by atoms with Crippen LogP contribution < -0.4 is 5.32 Å². The number of anilines is 1. The molecular weight excluding hydrogens is 272 g/mol. The minimum Gasteiger partial charge on any atom is -0.324 e. The second-order valence-electron chi connectivity index (χ2n) is 4.77. The number of amides is 1. The van der Waals surface area contributed by atoms with Crippen LogP contribution in [0.25, 0.3) is 0 Å². The van der Waals surface area contributed by atoms with Gasteiger partial charge in [-0.15, -0.1) is 0 Å². The van der Waals surface area contributed by atoms with Gasteiger partial charge in [-0.25, -0.2) is 0 Å². The van der Waals surface area contributed by atoms with Crippen molar-refractivity contribution in [3.63, 3.8) is 0 Å². The van der Waals surface area contributed by atoms with Crippen molar-refractivity contribution >= 4 is 23.2 Å². The molecule has 0 bridgehead atoms. The second kappa shape index (κ2) is 6.55. The molecule has 0 aliphatic rings. The zero-order valence-corrected chi connectivity index (χ0v) is 12.3. The largest absolute Gasteiger partial charge is 0.324 e. The quantitative estimate of drug-likeness (QED) is 0.932. The Morgan fingerprint density at radius 1 is 1.05 bits per heavy atom. The van der Waals surface area contributed by atoms with Crippen LogP contribution in [0.2, 0.25) is 5.02 Å². The molecule has 0 aliphatic heterocycles. The minimum atomic E-state index is -0.327. The normalized spacial score (nSPS) is 12.2. The third-order valence-corrected chi connectivity index (χ3v) is 3.24. The van der Waals surface area contributed by atoms with E-state index in [2.05, 4.69) is 5.32 Å². The summed E-state index contributed by atoms with van der Waals surface area (Å²) in [4.78, 5) is 14.3. The predicted octanol–water partition coefficient (Wildman–Crippen LogP) is 3.58. The third-order valence-electron chi connectivity index (χ3n) is 2.99. The van der Waals surface area contributed by atoms with E-state index in [-0.39, 0.29) is 11.9 Å². The number of halogens is 1. The van der Waals surface area contributed by atoms with Gasteiger partial charge in [0.05, 0.1) is 0 Å². The van der Waals surface area contributed by atoms with E-state index in [0.29, 0.717) is 5.02 Å². The first-order chi connectivity index (χ1) is 9.58. The molecule has 1 atom stereocenters. The van der Waals surface area contributed by atoms with Gasteiger partial charge in [0, 0.05) is 10.7 Å². The Balaban J connectivity index is 2.18. The average Bonchev–Trinajstić information content (AvgIpc) is 2.42. The highest BCUT2D eigenvalue weighted by atomic mass is 35.5. The van der Waals surface area contributed by atoms with Crippen LogP contribution >= 0.6 is 11.6 Å². The number of benzene rings is 2. The van der Waals surface area contributed by atoms with Crippen molar-refractivity contribution in [2.75, 3.05) is 19.4 Å². The van der Waals surface area contributed by atoms with Gasteiger partial charge in [-0.3, -0.25) is 9.69 Å². The van der Waals surface area contributed by atoms with Crippen LogP contribution in [0.1, 0.15) is 11.6 Å². The molecule has 0 aromatic heterocycles. The molecule has 0 aliphatic carbocycles. The maximum Gasteiger partial charge on any atom is 0.246 e. The highest BCUT2D eigenvalue weighted by molar-refractivity contribution is 6.30. The van der Waals surface area contributed by atoms with E-state index in [4.69, 9.17) is 11.6 Å². The Labute approximate surface area is 124 Å². The van der Waals surface area contributed by atoms with Gasteiger partial charge in [0.25, 0.3) is 0 Å². The highest BCUT2D eigenvalue weighted by Crippen LogP contribution is 2.21. The molecule has 0 fully saturated rings. The van der Waals surface area contributed by atoms with Crippen LogP contribution in [0.3, 0.4) is 0 Å². The number of likely N-dealkylation sites (N-methyl/N-ethyl adjacent to an activating group) is 1. The summed E-state index contributed by atoms with van der Waals surface area (Å²) in [6.07, 6.45) is 0. The van der Waals surface area contributed by atoms with Crippen molar-refractivity contribution < 1.29 is 4.79 Å². The number of carbonyl (C=O) groups is 1. The van der Waals surface area contributed by atoms with Crippen molar-refractivity contribution in [2.24, 2.45) is 0 Å². The van der Waals surface area contributed by atoms with E-state index in [0.717, 1.165) is 11.3 Å². The van der Waals surface area contributed by atoms with Gasteiger partial charge in [0.1, 0.15) is 6.04 Å². The average molecular weight is 289 g/mol. The predicted molar refractivity (Wildman–Crippen MR) is 83.0 cm³/mol. The summed E-state index contributed by atoms with van der Waals surface area (Å²) < 4.78 is 0. The van der Waals surface area contributed by atoms with Gasteiger partial charge >= 0.3 is 0 Å². The van der Waals surface area contributed by atoms with E-state index in [1.165, 1.54) is 0 Å². The Bertz CT molecular complexity index is 567. The summed E-state index contributed by atoms with van der Waals surface area (Å²) >= 11 is 5.84. The summed E-state index contributed by atoms with van der Waals surface area (Å²) in [6.45, 7) is 0. The Hall–Kier alpha value is -1.84. The summed E-state index contributed by atoms with van der Waals surface area (Å²) in [5, 5.41) is 3.56. The summed E-state index contributed by atoms with van der Waals surface area (Å²) in [5.74, 6) is -0.0662. The molecule has 2 rings (SSSR count). The summed E-state index contributed by atoms with van der Waals surface area (Å²) in [7, 11) is 3.78. The zero-order chi connectivity index (χ0) is 14.5. The van der Waals surface area contributed by atoms with Crippen LogP contribution in [0, 0.1) is 0 Å². The van der Waals surface area contributed by atoms with Gasteiger partial charge in [-0.1, -0.05) is 41.9 Å². The molecule has 1 N–H and O–H groups in total. The number of hydrogen-bond acceptors (Lipinski definition) is 2. The van der Waals surface area contributed by atoms with E-state index < -0.39 is 0 Å². The molecule has 2 aromatic rings. The van der Waals surface area contributed by atoms with Gasteiger partial charge in [-0.2, -0.15) is 0 Å². The standard InChI is InChI=1S/C16H17ClN2O/c1-19(2)15(12-6-4-3-5-7-12)16(20)18-14-10-8-13(17)9-11-14/h3-11,15H,1-2H3,(H,18,20)/t15-/m1/s1. The fraction of sp³-hybridized carbons (Fsp3) is 0.188. The summed E-state index contributed by atoms with van der Waals surface area (Å²) in [5.41, 5.74) is 1.70. The lowest BCUT2D eigenvalue weighted by Crippen LogP contribution is -2.32. The van der Waals surface area contributed by atoms with Crippen LogP contribution in [0.15, 0.2) is 54.6 Å². The van der Waals surface area contributed by atoms with Gasteiger partial charge < -0.3 is 5.32 Å². The first-order valence-corrected chi connectivity index (χ1v) is 6.73. The van der Waals surface area contributed by atoms with Crippen LogP contribution in [0.5, 0.6) is 0 Å². The highest BCUT2D eigenvalue weighted by Gasteiger charge is 2.22. The maximum absolute atomic E-state index is 12.5. The van der Waals surface area contributed by atoms with Gasteiger partial charge in [-0.05, 0) is 43.9 Å². The SMILES string of the molecule is CN(C)[C@@H](C(=O)Nc1ccc(Cl)cc1)c1ccccc1. The fourth-order valence-electron chi connectivity index (χ4n) is 2.06.